The number of hydrogen-bond donors (Lipinski definition) is 4. The van der Waals surface area contributed by atoms with Gasteiger partial charge in [0.2, 0.25) is 5.91 Å². The first-order chi connectivity index (χ1) is 9.97. The lowest BCUT2D eigenvalue weighted by molar-refractivity contribution is -0.119. The van der Waals surface area contributed by atoms with Crippen molar-refractivity contribution in [2.75, 3.05) is 13.7 Å². The summed E-state index contributed by atoms with van der Waals surface area (Å²) < 4.78 is 10.6. The summed E-state index contributed by atoms with van der Waals surface area (Å²) in [6.45, 7) is 0.959. The predicted molar refractivity (Wildman–Crippen MR) is 69.7 cm³/mol. The van der Waals surface area contributed by atoms with Crippen LogP contribution in [0.1, 0.15) is 6.92 Å². The Kier molecular flexibility index (Phi) is 4.78. The van der Waals surface area contributed by atoms with E-state index in [4.69, 9.17) is 14.6 Å². The molecule has 1 unspecified atom stereocenters. The van der Waals surface area contributed by atoms with E-state index in [1.54, 1.807) is 6.08 Å². The molecule has 2 aliphatic rings. The number of ether oxygens (including phenoxy) is 2. The maximum absolute atomic E-state index is 12.1. The molecule has 3 amide bonds. The summed E-state index contributed by atoms with van der Waals surface area (Å²) >= 11 is 0. The highest BCUT2D eigenvalue weighted by atomic mass is 16.6. The van der Waals surface area contributed by atoms with E-state index in [9.17, 15) is 14.7 Å². The summed E-state index contributed by atoms with van der Waals surface area (Å²) in [6.07, 6.45) is -1.10. The first-order valence-electron chi connectivity index (χ1n) is 6.49. The molecule has 0 saturated carbocycles. The largest absolute Gasteiger partial charge is 0.394 e. The quantitative estimate of drug-likeness (QED) is 0.480. The van der Waals surface area contributed by atoms with Crippen LogP contribution in [0.4, 0.5) is 4.79 Å². The molecular weight excluding hydrogens is 282 g/mol. The van der Waals surface area contributed by atoms with Gasteiger partial charge in [-0.25, -0.2) is 4.79 Å². The summed E-state index contributed by atoms with van der Waals surface area (Å²) in [6, 6.07) is -0.505. The van der Waals surface area contributed by atoms with Gasteiger partial charge in [-0.15, -0.1) is 0 Å². The van der Waals surface area contributed by atoms with Gasteiger partial charge < -0.3 is 30.3 Å². The van der Waals surface area contributed by atoms with Crippen LogP contribution in [0.15, 0.2) is 12.3 Å². The highest BCUT2D eigenvalue weighted by Gasteiger charge is 2.48. The van der Waals surface area contributed by atoms with Gasteiger partial charge in [-0.1, -0.05) is 0 Å². The number of rotatable bonds is 4. The van der Waals surface area contributed by atoms with Gasteiger partial charge in [-0.3, -0.25) is 9.69 Å². The van der Waals surface area contributed by atoms with Gasteiger partial charge in [0.1, 0.15) is 24.5 Å². The number of amides is 3. The van der Waals surface area contributed by atoms with Gasteiger partial charge in [0, 0.05) is 20.2 Å². The molecule has 0 bridgehead atoms. The molecule has 4 N–H and O–H groups in total. The number of carbonyl (C=O) groups excluding carboxylic acids is 2. The van der Waals surface area contributed by atoms with Crippen molar-refractivity contribution in [3.05, 3.63) is 12.3 Å². The zero-order chi connectivity index (χ0) is 15.6. The number of aliphatic hydroxyl groups is 2. The first-order valence-corrected chi connectivity index (χ1v) is 6.49. The van der Waals surface area contributed by atoms with E-state index in [1.165, 1.54) is 25.1 Å². The van der Waals surface area contributed by atoms with Crippen LogP contribution >= 0.6 is 0 Å². The number of urea groups is 1. The molecule has 2 aliphatic heterocycles. The minimum atomic E-state index is -1.04. The molecule has 0 aromatic carbocycles. The normalized spacial score (nSPS) is 35.7. The smallest absolute Gasteiger partial charge is 0.325 e. The fourth-order valence-electron chi connectivity index (χ4n) is 2.35. The van der Waals surface area contributed by atoms with E-state index in [1.807, 2.05) is 0 Å². The third-order valence-corrected chi connectivity index (χ3v) is 3.35. The van der Waals surface area contributed by atoms with Gasteiger partial charge >= 0.3 is 6.03 Å². The fourth-order valence-corrected chi connectivity index (χ4v) is 2.35. The number of hydrogen-bond acceptors (Lipinski definition) is 6. The van der Waals surface area contributed by atoms with E-state index in [0.717, 1.165) is 0 Å². The SMILES string of the molecule is CO[C@@H]1[C@H](O)[C@@H](CO)O[C@H]1N1C=CC(NC(C)=O)NC1=O. The van der Waals surface area contributed by atoms with E-state index < -0.39 is 36.7 Å². The third-order valence-electron chi connectivity index (χ3n) is 3.35. The Morgan fingerprint density at radius 1 is 1.62 bits per heavy atom. The first kappa shape index (κ1) is 15.7. The topological polar surface area (TPSA) is 120 Å². The van der Waals surface area contributed by atoms with Crippen LogP contribution in [-0.4, -0.2) is 71.5 Å². The Hall–Kier alpha value is -1.68. The maximum Gasteiger partial charge on any atom is 0.325 e. The van der Waals surface area contributed by atoms with Gasteiger partial charge in [0.15, 0.2) is 6.23 Å². The summed E-state index contributed by atoms with van der Waals surface area (Å²) in [5.74, 6) is -0.277. The van der Waals surface area contributed by atoms with E-state index in [0.29, 0.717) is 0 Å². The second-order valence-electron chi connectivity index (χ2n) is 4.82. The summed E-state index contributed by atoms with van der Waals surface area (Å²) in [4.78, 5) is 24.2. The highest BCUT2D eigenvalue weighted by molar-refractivity contribution is 5.79. The highest BCUT2D eigenvalue weighted by Crippen LogP contribution is 2.27. The molecule has 0 aromatic rings. The van der Waals surface area contributed by atoms with Crippen LogP contribution in [0.3, 0.4) is 0 Å². The molecule has 0 aromatic heterocycles. The number of carbonyl (C=O) groups is 2. The van der Waals surface area contributed by atoms with Crippen molar-refractivity contribution in [2.45, 2.75) is 37.6 Å². The second kappa shape index (κ2) is 6.39. The molecule has 2 heterocycles. The second-order valence-corrected chi connectivity index (χ2v) is 4.82. The molecule has 5 atom stereocenters. The Balaban J connectivity index is 2.11. The predicted octanol–water partition coefficient (Wildman–Crippen LogP) is -1.92. The summed E-state index contributed by atoms with van der Waals surface area (Å²) in [5.41, 5.74) is 0. The van der Waals surface area contributed by atoms with Crippen molar-refractivity contribution >= 4 is 11.9 Å². The molecule has 1 saturated heterocycles. The molecular formula is C12H19N3O6. The monoisotopic (exact) mass is 301 g/mol. The van der Waals surface area contributed by atoms with Crippen molar-refractivity contribution in [1.82, 2.24) is 15.5 Å². The minimum absolute atomic E-state index is 0.277. The molecule has 118 valence electrons. The van der Waals surface area contributed by atoms with Gasteiger partial charge in [-0.05, 0) is 6.08 Å². The Morgan fingerprint density at radius 2 is 2.33 bits per heavy atom. The number of methoxy groups -OCH3 is 1. The van der Waals surface area contributed by atoms with Crippen LogP contribution in [0.25, 0.3) is 0 Å². The number of nitrogens with zero attached hydrogens (tertiary/aromatic N) is 1. The molecule has 0 radical (unpaired) electrons. The van der Waals surface area contributed by atoms with Crippen LogP contribution in [0.2, 0.25) is 0 Å². The lowest BCUT2D eigenvalue weighted by Gasteiger charge is -2.33. The maximum atomic E-state index is 12.1. The zero-order valence-corrected chi connectivity index (χ0v) is 11.7. The Bertz CT molecular complexity index is 443. The number of nitrogens with one attached hydrogen (secondary N) is 2. The Labute approximate surface area is 121 Å². The van der Waals surface area contributed by atoms with Crippen molar-refractivity contribution in [3.63, 3.8) is 0 Å². The lowest BCUT2D eigenvalue weighted by Crippen LogP contribution is -2.57. The molecule has 1 fully saturated rings. The zero-order valence-electron chi connectivity index (χ0n) is 11.7. The van der Waals surface area contributed by atoms with Crippen LogP contribution in [-0.2, 0) is 14.3 Å². The van der Waals surface area contributed by atoms with E-state index in [2.05, 4.69) is 10.6 Å². The average molecular weight is 301 g/mol. The van der Waals surface area contributed by atoms with Gasteiger partial charge in [0.05, 0.1) is 6.61 Å². The molecule has 9 heteroatoms. The molecule has 0 aliphatic carbocycles. The number of aliphatic hydroxyl groups excluding tert-OH is 2. The van der Waals surface area contributed by atoms with Crippen molar-refractivity contribution in [3.8, 4) is 0 Å². The summed E-state index contributed by atoms with van der Waals surface area (Å²) in [7, 11) is 1.38. The fraction of sp³-hybridized carbons (Fsp3) is 0.667. The van der Waals surface area contributed by atoms with Crippen molar-refractivity contribution in [2.24, 2.45) is 0 Å². The molecule has 9 nitrogen and oxygen atoms in total. The molecule has 0 spiro atoms. The van der Waals surface area contributed by atoms with Crippen LogP contribution in [0, 0.1) is 0 Å². The third kappa shape index (κ3) is 3.16. The van der Waals surface area contributed by atoms with Gasteiger partial charge in [0.25, 0.3) is 0 Å². The minimum Gasteiger partial charge on any atom is -0.394 e. The summed E-state index contributed by atoms with van der Waals surface area (Å²) in [5, 5.41) is 24.2. The van der Waals surface area contributed by atoms with Crippen molar-refractivity contribution in [1.29, 1.82) is 0 Å². The Morgan fingerprint density at radius 3 is 2.86 bits per heavy atom. The van der Waals surface area contributed by atoms with Crippen molar-refractivity contribution < 1.29 is 29.3 Å². The van der Waals surface area contributed by atoms with Crippen LogP contribution in [0.5, 0.6) is 0 Å². The van der Waals surface area contributed by atoms with E-state index >= 15 is 0 Å². The van der Waals surface area contributed by atoms with Crippen LogP contribution < -0.4 is 10.6 Å². The average Bonchev–Trinajstić information content (AvgIpc) is 2.74. The van der Waals surface area contributed by atoms with Gasteiger partial charge in [-0.2, -0.15) is 0 Å². The lowest BCUT2D eigenvalue weighted by atomic mass is 10.1. The van der Waals surface area contributed by atoms with E-state index in [-0.39, 0.29) is 12.5 Å². The molecule has 21 heavy (non-hydrogen) atoms. The standard InChI is InChI=1S/C12H19N3O6/c1-6(17)13-8-3-4-15(12(19)14-8)11-10(20-2)9(18)7(5-16)21-11/h3-4,7-11,16,18H,5H2,1-2H3,(H,13,17)(H,14,19)/t7-,8?,9-,10-,11-/m1/s1. The molecule has 2 rings (SSSR count).